The molecule has 0 saturated carbocycles. The zero-order chi connectivity index (χ0) is 15.6. The van der Waals surface area contributed by atoms with Gasteiger partial charge in [0.1, 0.15) is 12.1 Å². The molecule has 0 saturated heterocycles. The fourth-order valence-corrected chi connectivity index (χ4v) is 2.86. The lowest BCUT2D eigenvalue weighted by atomic mass is 9.92. The van der Waals surface area contributed by atoms with Crippen molar-refractivity contribution in [3.05, 3.63) is 48.3 Å². The number of nitrogens with zero attached hydrogens (tertiary/aromatic N) is 4. The van der Waals surface area contributed by atoms with Crippen LogP contribution in [0.3, 0.4) is 0 Å². The molecule has 3 N–H and O–H groups in total. The number of hydrogen-bond acceptors (Lipinski definition) is 6. The van der Waals surface area contributed by atoms with E-state index < -0.39 is 0 Å². The SMILES string of the molecule is NC1CC=C(c2cnc(NCc3ccco3)n3cnnc23)CC1. The summed E-state index contributed by atoms with van der Waals surface area (Å²) >= 11 is 0. The summed E-state index contributed by atoms with van der Waals surface area (Å²) in [6, 6.07) is 4.04. The van der Waals surface area contributed by atoms with Gasteiger partial charge in [0.15, 0.2) is 5.65 Å². The Balaban J connectivity index is 1.65. The molecule has 0 fully saturated rings. The van der Waals surface area contributed by atoms with E-state index in [1.807, 2.05) is 22.7 Å². The van der Waals surface area contributed by atoms with Crippen molar-refractivity contribution < 1.29 is 4.42 Å². The van der Waals surface area contributed by atoms with E-state index in [0.29, 0.717) is 12.5 Å². The monoisotopic (exact) mass is 310 g/mol. The predicted molar refractivity (Wildman–Crippen MR) is 86.6 cm³/mol. The third-order valence-electron chi connectivity index (χ3n) is 4.13. The number of anilines is 1. The topological polar surface area (TPSA) is 94.3 Å². The first-order valence-corrected chi connectivity index (χ1v) is 7.71. The highest BCUT2D eigenvalue weighted by Crippen LogP contribution is 2.29. The van der Waals surface area contributed by atoms with Crippen molar-refractivity contribution in [2.24, 2.45) is 5.73 Å². The van der Waals surface area contributed by atoms with Gasteiger partial charge in [0.05, 0.1) is 12.8 Å². The number of rotatable bonds is 4. The Labute approximate surface area is 133 Å². The van der Waals surface area contributed by atoms with E-state index in [1.165, 1.54) is 5.57 Å². The normalized spacial score (nSPS) is 18.1. The van der Waals surface area contributed by atoms with Crippen molar-refractivity contribution in [1.29, 1.82) is 0 Å². The molecule has 3 heterocycles. The van der Waals surface area contributed by atoms with Crippen molar-refractivity contribution >= 4 is 17.2 Å². The van der Waals surface area contributed by atoms with E-state index in [9.17, 15) is 0 Å². The van der Waals surface area contributed by atoms with Gasteiger partial charge in [-0.25, -0.2) is 4.98 Å². The summed E-state index contributed by atoms with van der Waals surface area (Å²) in [6.45, 7) is 0.560. The largest absolute Gasteiger partial charge is 0.467 e. The highest BCUT2D eigenvalue weighted by atomic mass is 16.3. The molecule has 0 amide bonds. The van der Waals surface area contributed by atoms with Gasteiger partial charge in [0.2, 0.25) is 5.95 Å². The van der Waals surface area contributed by atoms with Gasteiger partial charge < -0.3 is 15.5 Å². The Bertz CT molecular complexity index is 836. The van der Waals surface area contributed by atoms with Gasteiger partial charge in [-0.1, -0.05) is 6.08 Å². The van der Waals surface area contributed by atoms with Crippen LogP contribution < -0.4 is 11.1 Å². The maximum absolute atomic E-state index is 5.97. The zero-order valence-electron chi connectivity index (χ0n) is 12.6. The van der Waals surface area contributed by atoms with Crippen molar-refractivity contribution in [2.75, 3.05) is 5.32 Å². The molecule has 3 aromatic rings. The fourth-order valence-electron chi connectivity index (χ4n) is 2.86. The lowest BCUT2D eigenvalue weighted by Gasteiger charge is -2.18. The van der Waals surface area contributed by atoms with Crippen LogP contribution >= 0.6 is 0 Å². The predicted octanol–water partition coefficient (Wildman–Crippen LogP) is 2.22. The van der Waals surface area contributed by atoms with Crippen LogP contribution in [0.1, 0.15) is 30.6 Å². The summed E-state index contributed by atoms with van der Waals surface area (Å²) in [5.74, 6) is 1.54. The van der Waals surface area contributed by atoms with Crippen molar-refractivity contribution in [2.45, 2.75) is 31.8 Å². The molecule has 0 radical (unpaired) electrons. The minimum absolute atomic E-state index is 0.259. The molecule has 7 heteroatoms. The second-order valence-electron chi connectivity index (χ2n) is 5.72. The first kappa shape index (κ1) is 14.0. The molecular formula is C16H18N6O. The summed E-state index contributed by atoms with van der Waals surface area (Å²) in [5.41, 5.74) is 9.05. The number of nitrogens with two attached hydrogens (primary N) is 1. The summed E-state index contributed by atoms with van der Waals surface area (Å²) in [6.07, 6.45) is 10.2. The van der Waals surface area contributed by atoms with Crippen LogP contribution in [0.25, 0.3) is 11.2 Å². The lowest BCUT2D eigenvalue weighted by Crippen LogP contribution is -2.21. The fraction of sp³-hybridized carbons (Fsp3) is 0.312. The van der Waals surface area contributed by atoms with Gasteiger partial charge in [-0.2, -0.15) is 0 Å². The van der Waals surface area contributed by atoms with Crippen LogP contribution in [-0.2, 0) is 6.54 Å². The number of aromatic nitrogens is 4. The number of hydrogen-bond donors (Lipinski definition) is 2. The standard InChI is InChI=1S/C16H18N6O/c17-12-5-3-11(4-6-12)14-9-19-16(22-10-20-21-15(14)22)18-8-13-2-1-7-23-13/h1-3,7,9-10,12H,4-6,8,17H2,(H,18,19). The van der Waals surface area contributed by atoms with Crippen LogP contribution in [0.4, 0.5) is 5.95 Å². The second-order valence-corrected chi connectivity index (χ2v) is 5.72. The third kappa shape index (κ3) is 2.70. The summed E-state index contributed by atoms with van der Waals surface area (Å²) in [4.78, 5) is 4.53. The van der Waals surface area contributed by atoms with Gasteiger partial charge >= 0.3 is 0 Å². The number of allylic oxidation sites excluding steroid dienone is 1. The van der Waals surface area contributed by atoms with Crippen LogP contribution in [0.2, 0.25) is 0 Å². The summed E-state index contributed by atoms with van der Waals surface area (Å²) < 4.78 is 7.19. The molecule has 3 aromatic heterocycles. The molecule has 1 atom stereocenters. The van der Waals surface area contributed by atoms with Crippen molar-refractivity contribution in [3.8, 4) is 0 Å². The maximum Gasteiger partial charge on any atom is 0.210 e. The van der Waals surface area contributed by atoms with Crippen LogP contribution in [0, 0.1) is 0 Å². The number of fused-ring (bicyclic) bond motifs is 1. The molecule has 0 bridgehead atoms. The molecule has 118 valence electrons. The molecule has 1 unspecified atom stereocenters. The highest BCUT2D eigenvalue weighted by molar-refractivity contribution is 5.76. The Kier molecular flexibility index (Phi) is 3.55. The van der Waals surface area contributed by atoms with Gasteiger partial charge in [-0.3, -0.25) is 4.40 Å². The third-order valence-corrected chi connectivity index (χ3v) is 4.13. The van der Waals surface area contributed by atoms with Crippen molar-refractivity contribution in [3.63, 3.8) is 0 Å². The quantitative estimate of drug-likeness (QED) is 0.767. The molecule has 4 rings (SSSR count). The molecule has 7 nitrogen and oxygen atoms in total. The van der Waals surface area contributed by atoms with Gasteiger partial charge in [-0.15, -0.1) is 10.2 Å². The van der Waals surface area contributed by atoms with Crippen LogP contribution in [-0.4, -0.2) is 25.6 Å². The minimum Gasteiger partial charge on any atom is -0.467 e. The minimum atomic E-state index is 0.259. The Morgan fingerprint density at radius 3 is 3.17 bits per heavy atom. The molecule has 1 aliphatic rings. The Morgan fingerprint density at radius 1 is 1.43 bits per heavy atom. The zero-order valence-corrected chi connectivity index (χ0v) is 12.6. The smallest absolute Gasteiger partial charge is 0.210 e. The maximum atomic E-state index is 5.97. The van der Waals surface area contributed by atoms with Gasteiger partial charge in [0.25, 0.3) is 0 Å². The Hall–Kier alpha value is -2.67. The lowest BCUT2D eigenvalue weighted by molar-refractivity contribution is 0.517. The molecular weight excluding hydrogens is 292 g/mol. The summed E-state index contributed by atoms with van der Waals surface area (Å²) in [5, 5.41) is 11.5. The van der Waals surface area contributed by atoms with Gasteiger partial charge in [0, 0.05) is 17.8 Å². The van der Waals surface area contributed by atoms with Crippen molar-refractivity contribution in [1.82, 2.24) is 19.6 Å². The molecule has 0 spiro atoms. The van der Waals surface area contributed by atoms with Gasteiger partial charge in [-0.05, 0) is 37.0 Å². The van der Waals surface area contributed by atoms with E-state index >= 15 is 0 Å². The first-order chi connectivity index (χ1) is 11.3. The highest BCUT2D eigenvalue weighted by Gasteiger charge is 2.17. The van der Waals surface area contributed by atoms with E-state index in [1.54, 1.807) is 12.6 Å². The van der Waals surface area contributed by atoms with Crippen LogP contribution in [0.15, 0.2) is 41.4 Å². The summed E-state index contributed by atoms with van der Waals surface area (Å²) in [7, 11) is 0. The average Bonchev–Trinajstić information content (AvgIpc) is 3.25. The Morgan fingerprint density at radius 2 is 2.39 bits per heavy atom. The van der Waals surface area contributed by atoms with E-state index in [0.717, 1.165) is 36.2 Å². The van der Waals surface area contributed by atoms with E-state index in [2.05, 4.69) is 26.6 Å². The second kappa shape index (κ2) is 5.85. The molecule has 23 heavy (non-hydrogen) atoms. The molecule has 0 aromatic carbocycles. The average molecular weight is 310 g/mol. The first-order valence-electron chi connectivity index (χ1n) is 7.71. The number of nitrogens with one attached hydrogen (secondary N) is 1. The van der Waals surface area contributed by atoms with E-state index in [-0.39, 0.29) is 6.04 Å². The van der Waals surface area contributed by atoms with Crippen LogP contribution in [0.5, 0.6) is 0 Å². The van der Waals surface area contributed by atoms with E-state index in [4.69, 9.17) is 10.2 Å². The number of furan rings is 1. The molecule has 0 aliphatic heterocycles. The molecule has 1 aliphatic carbocycles.